The van der Waals surface area contributed by atoms with Crippen LogP contribution in [0.15, 0.2) is 55.0 Å². The third kappa shape index (κ3) is 4.80. The minimum atomic E-state index is -0.329. The Morgan fingerprint density at radius 2 is 2.03 bits per heavy atom. The van der Waals surface area contributed by atoms with Crippen LogP contribution in [0.5, 0.6) is 5.75 Å². The Hall–Kier alpha value is -3.32. The molecule has 7 nitrogen and oxygen atoms in total. The van der Waals surface area contributed by atoms with Gasteiger partial charge in [0, 0.05) is 30.2 Å². The van der Waals surface area contributed by atoms with Crippen molar-refractivity contribution in [2.24, 2.45) is 0 Å². The second-order valence-electron chi connectivity index (χ2n) is 7.35. The van der Waals surface area contributed by atoms with E-state index in [1.165, 1.54) is 0 Å². The van der Waals surface area contributed by atoms with Crippen LogP contribution in [0.1, 0.15) is 47.8 Å². The number of phenols is 1. The number of aromatic hydroxyl groups is 1. The molecule has 158 valence electrons. The van der Waals surface area contributed by atoms with E-state index in [1.54, 1.807) is 36.7 Å². The lowest BCUT2D eigenvalue weighted by molar-refractivity contribution is 0.0939. The quantitative estimate of drug-likeness (QED) is 0.457. The van der Waals surface area contributed by atoms with E-state index < -0.39 is 0 Å². The number of phenolic OH excluding ortho intramolecular Hbond substituents is 1. The van der Waals surface area contributed by atoms with Gasteiger partial charge in [-0.25, -0.2) is 4.98 Å². The number of hydrogen-bond acceptors (Lipinski definition) is 5. The molecule has 0 saturated heterocycles. The number of amides is 1. The van der Waals surface area contributed by atoms with E-state index in [-0.39, 0.29) is 30.3 Å². The number of aliphatic hydroxyl groups is 1. The molecule has 7 heteroatoms. The minimum Gasteiger partial charge on any atom is -0.508 e. The van der Waals surface area contributed by atoms with Gasteiger partial charge in [0.15, 0.2) is 0 Å². The number of aliphatic hydroxyl groups excluding tert-OH is 1. The molecule has 2 aromatic heterocycles. The van der Waals surface area contributed by atoms with Crippen LogP contribution in [0.4, 0.5) is 5.82 Å². The van der Waals surface area contributed by atoms with Crippen LogP contribution >= 0.6 is 0 Å². The predicted molar refractivity (Wildman–Crippen MR) is 117 cm³/mol. The Kier molecular flexibility index (Phi) is 6.74. The molecular formula is C23H28N4O3. The summed E-state index contributed by atoms with van der Waals surface area (Å²) in [5.74, 6) is 0.605. The highest BCUT2D eigenvalue weighted by atomic mass is 16.3. The van der Waals surface area contributed by atoms with Gasteiger partial charge in [-0.05, 0) is 38.0 Å². The summed E-state index contributed by atoms with van der Waals surface area (Å²) in [6, 6.07) is 10.2. The predicted octanol–water partition coefficient (Wildman–Crippen LogP) is 3.56. The summed E-state index contributed by atoms with van der Waals surface area (Å²) in [5.41, 5.74) is 3.04. The van der Waals surface area contributed by atoms with Gasteiger partial charge in [-0.2, -0.15) is 0 Å². The molecule has 0 fully saturated rings. The fraction of sp³-hybridized carbons (Fsp3) is 0.304. The number of pyridine rings is 1. The van der Waals surface area contributed by atoms with Gasteiger partial charge >= 0.3 is 0 Å². The molecular weight excluding hydrogens is 380 g/mol. The first-order valence-electron chi connectivity index (χ1n) is 10.0. The van der Waals surface area contributed by atoms with Gasteiger partial charge in [-0.15, -0.1) is 0 Å². The molecule has 2 unspecified atom stereocenters. The maximum Gasteiger partial charge on any atom is 0.253 e. The second-order valence-corrected chi connectivity index (χ2v) is 7.35. The summed E-state index contributed by atoms with van der Waals surface area (Å²) in [5, 5.41) is 25.5. The molecule has 0 bridgehead atoms. The number of hydrogen-bond donors (Lipinski definition) is 4. The monoisotopic (exact) mass is 408 g/mol. The first-order valence-corrected chi connectivity index (χ1v) is 10.0. The number of benzene rings is 1. The molecule has 0 spiro atoms. The van der Waals surface area contributed by atoms with Crippen LogP contribution in [0.25, 0.3) is 5.69 Å². The van der Waals surface area contributed by atoms with Gasteiger partial charge < -0.3 is 25.4 Å². The Balaban J connectivity index is 1.77. The zero-order valence-corrected chi connectivity index (χ0v) is 17.5. The van der Waals surface area contributed by atoms with Crippen LogP contribution in [0.2, 0.25) is 0 Å². The minimum absolute atomic E-state index is 0.0321. The van der Waals surface area contributed by atoms with Crippen molar-refractivity contribution < 1.29 is 15.0 Å². The molecule has 1 amide bonds. The Morgan fingerprint density at radius 1 is 1.27 bits per heavy atom. The lowest BCUT2D eigenvalue weighted by Crippen LogP contribution is -2.26. The van der Waals surface area contributed by atoms with Crippen molar-refractivity contribution in [1.29, 1.82) is 0 Å². The van der Waals surface area contributed by atoms with E-state index >= 15 is 0 Å². The molecule has 3 aromatic rings. The van der Waals surface area contributed by atoms with Crippen molar-refractivity contribution in [2.45, 2.75) is 39.3 Å². The summed E-state index contributed by atoms with van der Waals surface area (Å²) in [4.78, 5) is 17.1. The largest absolute Gasteiger partial charge is 0.508 e. The topological polar surface area (TPSA) is 99.4 Å². The highest BCUT2D eigenvalue weighted by molar-refractivity contribution is 5.94. The molecule has 3 rings (SSSR count). The number of aryl methyl sites for hydroxylation is 1. The number of rotatable bonds is 8. The van der Waals surface area contributed by atoms with Gasteiger partial charge in [0.05, 0.1) is 29.9 Å². The van der Waals surface area contributed by atoms with E-state index in [9.17, 15) is 15.0 Å². The maximum atomic E-state index is 12.7. The molecule has 2 atom stereocenters. The number of para-hydroxylation sites is 1. The van der Waals surface area contributed by atoms with Crippen molar-refractivity contribution >= 4 is 11.7 Å². The molecule has 2 heterocycles. The fourth-order valence-corrected chi connectivity index (χ4v) is 3.25. The molecule has 0 saturated carbocycles. The van der Waals surface area contributed by atoms with Crippen LogP contribution in [0.3, 0.4) is 0 Å². The molecule has 0 aliphatic rings. The van der Waals surface area contributed by atoms with Crippen molar-refractivity contribution in [1.82, 2.24) is 14.9 Å². The maximum absolute atomic E-state index is 12.7. The van der Waals surface area contributed by atoms with E-state index in [4.69, 9.17) is 0 Å². The average Bonchev–Trinajstić information content (AvgIpc) is 3.23. The molecule has 0 aliphatic heterocycles. The van der Waals surface area contributed by atoms with Crippen LogP contribution in [-0.4, -0.2) is 38.3 Å². The number of aromatic nitrogens is 2. The molecule has 1 aromatic carbocycles. The summed E-state index contributed by atoms with van der Waals surface area (Å²) >= 11 is 0. The third-order valence-electron chi connectivity index (χ3n) is 5.12. The molecule has 0 aliphatic carbocycles. The first-order chi connectivity index (χ1) is 14.4. The summed E-state index contributed by atoms with van der Waals surface area (Å²) in [7, 11) is 0. The van der Waals surface area contributed by atoms with Gasteiger partial charge in [-0.3, -0.25) is 4.79 Å². The van der Waals surface area contributed by atoms with E-state index in [0.717, 1.165) is 17.7 Å². The van der Waals surface area contributed by atoms with Gasteiger partial charge in [-0.1, -0.05) is 25.1 Å². The first kappa shape index (κ1) is 21.4. The number of nitrogens with zero attached hydrogens (tertiary/aromatic N) is 2. The summed E-state index contributed by atoms with van der Waals surface area (Å²) in [6.45, 7) is 5.82. The SMILES string of the molecule is CCC(CO)Nc1cc(-n2ccc(C(=O)NC(C)c3ccccc3O)c2)c(C)cn1. The lowest BCUT2D eigenvalue weighted by atomic mass is 10.1. The summed E-state index contributed by atoms with van der Waals surface area (Å²) < 4.78 is 1.88. The van der Waals surface area contributed by atoms with Gasteiger partial charge in [0.1, 0.15) is 11.6 Å². The fourth-order valence-electron chi connectivity index (χ4n) is 3.25. The normalized spacial score (nSPS) is 12.9. The Bertz CT molecular complexity index is 1010. The second kappa shape index (κ2) is 9.45. The standard InChI is InChI=1S/C23H28N4O3/c1-4-18(14-28)26-22-11-20(15(2)12-24-22)27-10-9-17(13-27)23(30)25-16(3)19-7-5-6-8-21(19)29/h5-13,16,18,28-29H,4,14H2,1-3H3,(H,24,26)(H,25,30). The van der Waals surface area contributed by atoms with E-state index in [0.29, 0.717) is 16.9 Å². The van der Waals surface area contributed by atoms with Crippen molar-refractivity contribution in [3.63, 3.8) is 0 Å². The Labute approximate surface area is 176 Å². The van der Waals surface area contributed by atoms with Gasteiger partial charge in [0.2, 0.25) is 0 Å². The zero-order chi connectivity index (χ0) is 21.7. The van der Waals surface area contributed by atoms with Crippen LogP contribution in [-0.2, 0) is 0 Å². The van der Waals surface area contributed by atoms with Crippen molar-refractivity contribution in [3.8, 4) is 11.4 Å². The molecule has 0 radical (unpaired) electrons. The number of anilines is 1. The molecule has 30 heavy (non-hydrogen) atoms. The smallest absolute Gasteiger partial charge is 0.253 e. The van der Waals surface area contributed by atoms with Crippen molar-refractivity contribution in [2.75, 3.05) is 11.9 Å². The number of carbonyl (C=O) groups excluding carboxylic acids is 1. The van der Waals surface area contributed by atoms with Crippen LogP contribution < -0.4 is 10.6 Å². The lowest BCUT2D eigenvalue weighted by Gasteiger charge is -2.16. The average molecular weight is 409 g/mol. The Morgan fingerprint density at radius 3 is 2.73 bits per heavy atom. The van der Waals surface area contributed by atoms with E-state index in [1.807, 2.05) is 43.7 Å². The molecule has 4 N–H and O–H groups in total. The highest BCUT2D eigenvalue weighted by Crippen LogP contribution is 2.24. The number of carbonyl (C=O) groups is 1. The van der Waals surface area contributed by atoms with Crippen molar-refractivity contribution in [3.05, 3.63) is 71.7 Å². The highest BCUT2D eigenvalue weighted by Gasteiger charge is 2.16. The zero-order valence-electron chi connectivity index (χ0n) is 17.5. The number of nitrogens with one attached hydrogen (secondary N) is 2. The van der Waals surface area contributed by atoms with E-state index in [2.05, 4.69) is 15.6 Å². The van der Waals surface area contributed by atoms with Gasteiger partial charge in [0.25, 0.3) is 5.91 Å². The van der Waals surface area contributed by atoms with Crippen LogP contribution in [0, 0.1) is 6.92 Å². The summed E-state index contributed by atoms with van der Waals surface area (Å²) in [6.07, 6.45) is 6.14. The third-order valence-corrected chi connectivity index (χ3v) is 5.12.